The summed E-state index contributed by atoms with van der Waals surface area (Å²) in [7, 11) is 0. The second-order valence-electron chi connectivity index (χ2n) is 6.09. The van der Waals surface area contributed by atoms with Gasteiger partial charge in [-0.25, -0.2) is 14.0 Å². The number of rotatable bonds is 5. The Balaban J connectivity index is 1.59. The standard InChI is InChI=1S/C19H13F4N3O4/c20-14-6-4-13(5-7-14)15-8-3-12(10-24-15)2-1-9-25-16(27)11-26(18(25)29)30-17(28)19(21,22)23/h1-8,10H,9,11H2. The van der Waals surface area contributed by atoms with Crippen molar-refractivity contribution in [3.05, 3.63) is 60.1 Å². The lowest BCUT2D eigenvalue weighted by Crippen LogP contribution is -2.38. The number of imide groups is 1. The number of carbonyl (C=O) groups excluding carboxylic acids is 3. The van der Waals surface area contributed by atoms with Crippen LogP contribution in [0.5, 0.6) is 0 Å². The maximum Gasteiger partial charge on any atom is 0.493 e. The third kappa shape index (κ3) is 4.80. The van der Waals surface area contributed by atoms with E-state index in [-0.39, 0.29) is 17.4 Å². The highest BCUT2D eigenvalue weighted by atomic mass is 19.4. The molecule has 0 bridgehead atoms. The molecule has 2 aromatic rings. The minimum atomic E-state index is -5.29. The minimum Gasteiger partial charge on any atom is -0.328 e. The van der Waals surface area contributed by atoms with E-state index in [1.807, 2.05) is 0 Å². The molecule has 0 N–H and O–H groups in total. The van der Waals surface area contributed by atoms with Crippen molar-refractivity contribution in [3.63, 3.8) is 0 Å². The van der Waals surface area contributed by atoms with Crippen molar-refractivity contribution in [2.45, 2.75) is 6.18 Å². The molecule has 30 heavy (non-hydrogen) atoms. The fraction of sp³-hybridized carbons (Fsp3) is 0.158. The van der Waals surface area contributed by atoms with Gasteiger partial charge < -0.3 is 4.84 Å². The quantitative estimate of drug-likeness (QED) is 0.545. The van der Waals surface area contributed by atoms with Gasteiger partial charge in [0, 0.05) is 18.3 Å². The van der Waals surface area contributed by atoms with Crippen LogP contribution in [0.1, 0.15) is 5.56 Å². The maximum absolute atomic E-state index is 13.0. The van der Waals surface area contributed by atoms with E-state index in [2.05, 4.69) is 9.82 Å². The maximum atomic E-state index is 13.0. The minimum absolute atomic E-state index is 0.0606. The smallest absolute Gasteiger partial charge is 0.328 e. The van der Waals surface area contributed by atoms with Gasteiger partial charge in [-0.2, -0.15) is 13.2 Å². The molecular weight excluding hydrogens is 410 g/mol. The molecule has 0 spiro atoms. The van der Waals surface area contributed by atoms with Gasteiger partial charge in [0.1, 0.15) is 12.4 Å². The second-order valence-corrected chi connectivity index (χ2v) is 6.09. The van der Waals surface area contributed by atoms with Gasteiger partial charge in [-0.3, -0.25) is 14.7 Å². The third-order valence-corrected chi connectivity index (χ3v) is 3.97. The van der Waals surface area contributed by atoms with Crippen LogP contribution < -0.4 is 0 Å². The molecule has 11 heteroatoms. The molecule has 1 aliphatic rings. The van der Waals surface area contributed by atoms with Crippen molar-refractivity contribution in [2.75, 3.05) is 13.1 Å². The van der Waals surface area contributed by atoms with E-state index in [0.717, 1.165) is 0 Å². The summed E-state index contributed by atoms with van der Waals surface area (Å²) >= 11 is 0. The monoisotopic (exact) mass is 423 g/mol. The predicted octanol–water partition coefficient (Wildman–Crippen LogP) is 3.19. The lowest BCUT2D eigenvalue weighted by Gasteiger charge is -2.15. The van der Waals surface area contributed by atoms with E-state index in [1.165, 1.54) is 24.4 Å². The molecule has 3 rings (SSSR count). The van der Waals surface area contributed by atoms with Crippen molar-refractivity contribution >= 4 is 24.0 Å². The van der Waals surface area contributed by atoms with E-state index in [1.54, 1.807) is 30.3 Å². The average molecular weight is 423 g/mol. The van der Waals surface area contributed by atoms with Gasteiger partial charge in [0.25, 0.3) is 5.91 Å². The Morgan fingerprint density at radius 1 is 1.13 bits per heavy atom. The molecule has 0 saturated carbocycles. The van der Waals surface area contributed by atoms with Crippen LogP contribution in [0.2, 0.25) is 0 Å². The van der Waals surface area contributed by atoms with Crippen molar-refractivity contribution < 1.29 is 36.8 Å². The fourth-order valence-electron chi connectivity index (χ4n) is 2.51. The van der Waals surface area contributed by atoms with Crippen molar-refractivity contribution in [1.29, 1.82) is 0 Å². The molecule has 0 unspecified atom stereocenters. The van der Waals surface area contributed by atoms with Gasteiger partial charge in [-0.1, -0.05) is 18.2 Å². The van der Waals surface area contributed by atoms with Crippen LogP contribution in [0.4, 0.5) is 22.4 Å². The molecular formula is C19H13F4N3O4. The summed E-state index contributed by atoms with van der Waals surface area (Å²) in [5.74, 6) is -3.77. The zero-order chi connectivity index (χ0) is 21.9. The van der Waals surface area contributed by atoms with Crippen LogP contribution in [-0.4, -0.2) is 52.1 Å². The number of aromatic nitrogens is 1. The first-order valence-electron chi connectivity index (χ1n) is 8.44. The number of urea groups is 1. The zero-order valence-corrected chi connectivity index (χ0v) is 15.1. The lowest BCUT2D eigenvalue weighted by atomic mass is 10.1. The highest BCUT2D eigenvalue weighted by Crippen LogP contribution is 2.20. The Labute approximate surface area is 167 Å². The highest BCUT2D eigenvalue weighted by Gasteiger charge is 2.46. The SMILES string of the molecule is O=C1CN(OC(=O)C(F)(F)F)C(=O)N1CC=Cc1ccc(-c2ccc(F)cc2)nc1. The zero-order valence-electron chi connectivity index (χ0n) is 15.1. The first-order valence-corrected chi connectivity index (χ1v) is 8.44. The average Bonchev–Trinajstić information content (AvgIpc) is 2.96. The molecule has 1 aromatic carbocycles. The summed E-state index contributed by atoms with van der Waals surface area (Å²) in [6.07, 6.45) is -0.796. The van der Waals surface area contributed by atoms with Crippen LogP contribution >= 0.6 is 0 Å². The molecule has 1 aliphatic heterocycles. The molecule has 1 aromatic heterocycles. The van der Waals surface area contributed by atoms with Gasteiger partial charge in [0.15, 0.2) is 0 Å². The van der Waals surface area contributed by atoms with Crippen molar-refractivity contribution in [1.82, 2.24) is 14.9 Å². The number of nitrogens with zero attached hydrogens (tertiary/aromatic N) is 3. The van der Waals surface area contributed by atoms with Crippen molar-refractivity contribution in [3.8, 4) is 11.3 Å². The Bertz CT molecular complexity index is 988. The fourth-order valence-corrected chi connectivity index (χ4v) is 2.51. The number of alkyl halides is 3. The Hall–Kier alpha value is -3.76. The molecule has 156 valence electrons. The predicted molar refractivity (Wildman–Crippen MR) is 94.6 cm³/mol. The van der Waals surface area contributed by atoms with Crippen LogP contribution in [0.15, 0.2) is 48.7 Å². The van der Waals surface area contributed by atoms with Gasteiger partial charge in [0.2, 0.25) is 0 Å². The first kappa shape index (κ1) is 21.0. The number of carbonyl (C=O) groups is 3. The number of halogens is 4. The van der Waals surface area contributed by atoms with E-state index < -0.39 is 30.6 Å². The summed E-state index contributed by atoms with van der Waals surface area (Å²) in [6, 6.07) is 8.00. The van der Waals surface area contributed by atoms with Crippen LogP contribution in [0.25, 0.3) is 17.3 Å². The number of pyridine rings is 1. The summed E-state index contributed by atoms with van der Waals surface area (Å²) in [4.78, 5) is 43.4. The molecule has 0 atom stereocenters. The second kappa shape index (κ2) is 8.31. The molecule has 0 radical (unpaired) electrons. The number of benzene rings is 1. The molecule has 1 fully saturated rings. The van der Waals surface area contributed by atoms with Gasteiger partial charge >= 0.3 is 18.2 Å². The third-order valence-electron chi connectivity index (χ3n) is 3.97. The van der Waals surface area contributed by atoms with Gasteiger partial charge in [0.05, 0.1) is 5.69 Å². The molecule has 3 amide bonds. The van der Waals surface area contributed by atoms with Crippen LogP contribution in [-0.2, 0) is 14.4 Å². The van der Waals surface area contributed by atoms with E-state index >= 15 is 0 Å². The topological polar surface area (TPSA) is 79.8 Å². The Morgan fingerprint density at radius 2 is 1.83 bits per heavy atom. The summed E-state index contributed by atoms with van der Waals surface area (Å²) in [5.41, 5.74) is 1.95. The Morgan fingerprint density at radius 3 is 2.43 bits per heavy atom. The summed E-state index contributed by atoms with van der Waals surface area (Å²) < 4.78 is 49.6. The first-order chi connectivity index (χ1) is 14.1. The number of hydrogen-bond donors (Lipinski definition) is 0. The number of hydroxylamine groups is 2. The van der Waals surface area contributed by atoms with E-state index in [0.29, 0.717) is 21.7 Å². The molecule has 2 heterocycles. The van der Waals surface area contributed by atoms with Gasteiger partial charge in [-0.05, 0) is 35.9 Å². The molecule has 0 aliphatic carbocycles. The lowest BCUT2D eigenvalue weighted by molar-refractivity contribution is -0.226. The molecule has 7 nitrogen and oxygen atoms in total. The van der Waals surface area contributed by atoms with Crippen LogP contribution in [0.3, 0.4) is 0 Å². The number of amides is 3. The van der Waals surface area contributed by atoms with E-state index in [4.69, 9.17) is 0 Å². The van der Waals surface area contributed by atoms with Crippen LogP contribution in [0, 0.1) is 5.82 Å². The largest absolute Gasteiger partial charge is 0.493 e. The normalized spacial score (nSPS) is 14.7. The molecule has 1 saturated heterocycles. The Kier molecular flexibility index (Phi) is 5.81. The summed E-state index contributed by atoms with van der Waals surface area (Å²) in [6.45, 7) is -1.04. The highest BCUT2D eigenvalue weighted by molar-refractivity contribution is 6.02. The van der Waals surface area contributed by atoms with Gasteiger partial charge in [-0.15, -0.1) is 5.06 Å². The van der Waals surface area contributed by atoms with E-state index in [9.17, 15) is 31.9 Å². The van der Waals surface area contributed by atoms with Crippen molar-refractivity contribution in [2.24, 2.45) is 0 Å². The summed E-state index contributed by atoms with van der Waals surface area (Å²) in [5, 5.41) is 0.0606. The number of hydrogen-bond acceptors (Lipinski definition) is 5.